The predicted molar refractivity (Wildman–Crippen MR) is 163 cm³/mol. The topological polar surface area (TPSA) is 128 Å². The number of nitriles is 1. The number of halogens is 2. The number of benzene rings is 2. The summed E-state index contributed by atoms with van der Waals surface area (Å²) in [6.45, 7) is 0.735. The molecule has 45 heavy (non-hydrogen) atoms. The van der Waals surface area contributed by atoms with Gasteiger partial charge < -0.3 is 24.5 Å². The number of carbonyl (C=O) groups is 1. The van der Waals surface area contributed by atoms with Crippen LogP contribution in [0.2, 0.25) is 0 Å². The molecule has 2 saturated carbocycles. The summed E-state index contributed by atoms with van der Waals surface area (Å²) in [5, 5.41) is 10.0. The molecule has 1 aliphatic heterocycles. The van der Waals surface area contributed by atoms with Crippen LogP contribution in [-0.4, -0.2) is 66.6 Å². The van der Waals surface area contributed by atoms with E-state index >= 15 is 0 Å². The molecule has 3 aromatic heterocycles. The zero-order valence-corrected chi connectivity index (χ0v) is 24.7. The SMILES string of the molecule is COc1cc(C(=O)N2C[C@H]3CC[C@@H]2[C@@H]3N)cc2nc(-c3cc4cccc(-c5cnc(C#N)nc5)c4n3CC3CC3(F)F)n(C)c12. The first-order valence-corrected chi connectivity index (χ1v) is 15.0. The standard InChI is InChI=1S/C33H30F2N8O2/c1-41-30-23(8-19(10-26(30)45-2)32(44)43-15-18-6-7-24(43)28(18)37)40-31(41)25-9-17-4-3-5-22(20-13-38-27(12-36)39-14-20)29(17)42(25)16-21-11-33(21,34)35/h3-5,8-10,13-14,18,21,24,28H,6-7,11,15-16,37H2,1-2H3/t18-,21?,24-,28-/m1/s1. The number of rotatable bonds is 6. The molecule has 5 aromatic rings. The fourth-order valence-electron chi connectivity index (χ4n) is 7.41. The Morgan fingerprint density at radius 3 is 2.60 bits per heavy atom. The molecule has 4 atom stereocenters. The summed E-state index contributed by atoms with van der Waals surface area (Å²) in [5.74, 6) is -2.21. The Labute approximate surface area is 257 Å². The lowest BCUT2D eigenvalue weighted by molar-refractivity contribution is 0.0700. The summed E-state index contributed by atoms with van der Waals surface area (Å²) >= 11 is 0. The van der Waals surface area contributed by atoms with Crippen molar-refractivity contribution in [2.75, 3.05) is 13.7 Å². The number of nitrogens with zero attached hydrogens (tertiary/aromatic N) is 7. The number of imidazole rings is 1. The van der Waals surface area contributed by atoms with Gasteiger partial charge in [-0.2, -0.15) is 5.26 Å². The number of hydrogen-bond acceptors (Lipinski definition) is 7. The molecule has 0 radical (unpaired) electrons. The summed E-state index contributed by atoms with van der Waals surface area (Å²) in [6.07, 6.45) is 4.91. The van der Waals surface area contributed by atoms with E-state index in [4.69, 9.17) is 20.7 Å². The first kappa shape index (κ1) is 27.6. The predicted octanol–water partition coefficient (Wildman–Crippen LogP) is 4.75. The van der Waals surface area contributed by atoms with Gasteiger partial charge in [-0.05, 0) is 37.0 Å². The van der Waals surface area contributed by atoms with Crippen LogP contribution in [-0.2, 0) is 13.6 Å². The van der Waals surface area contributed by atoms with Crippen LogP contribution in [0.1, 0.15) is 35.4 Å². The zero-order valence-electron chi connectivity index (χ0n) is 24.7. The lowest BCUT2D eigenvalue weighted by Gasteiger charge is -2.27. The van der Waals surface area contributed by atoms with Gasteiger partial charge in [-0.25, -0.2) is 23.7 Å². The Balaban J connectivity index is 1.28. The van der Waals surface area contributed by atoms with Crippen molar-refractivity contribution in [3.05, 3.63) is 60.2 Å². The molecule has 2 N–H and O–H groups in total. The third-order valence-electron chi connectivity index (χ3n) is 9.89. The number of aryl methyl sites for hydroxylation is 1. The smallest absolute Gasteiger partial charge is 0.254 e. The fraction of sp³-hybridized carbons (Fsp3) is 0.364. The van der Waals surface area contributed by atoms with Crippen molar-refractivity contribution in [2.45, 2.75) is 43.8 Å². The van der Waals surface area contributed by atoms with Crippen LogP contribution < -0.4 is 10.5 Å². The molecule has 12 heteroatoms. The minimum Gasteiger partial charge on any atom is -0.494 e. The Morgan fingerprint density at radius 1 is 1.18 bits per heavy atom. The van der Waals surface area contributed by atoms with Crippen molar-refractivity contribution < 1.29 is 18.3 Å². The Morgan fingerprint density at radius 2 is 1.96 bits per heavy atom. The molecular formula is C33H30F2N8O2. The van der Waals surface area contributed by atoms with Crippen molar-refractivity contribution in [1.29, 1.82) is 5.26 Å². The second-order valence-electron chi connectivity index (χ2n) is 12.4. The molecule has 1 saturated heterocycles. The van der Waals surface area contributed by atoms with E-state index in [9.17, 15) is 13.6 Å². The molecule has 1 unspecified atom stereocenters. The molecule has 1 amide bonds. The third kappa shape index (κ3) is 4.21. The van der Waals surface area contributed by atoms with Crippen LogP contribution in [0.4, 0.5) is 8.78 Å². The van der Waals surface area contributed by atoms with E-state index in [1.165, 1.54) is 0 Å². The zero-order chi connectivity index (χ0) is 31.2. The van der Waals surface area contributed by atoms with Crippen LogP contribution >= 0.6 is 0 Å². The molecule has 8 rings (SSSR count). The maximum absolute atomic E-state index is 14.4. The van der Waals surface area contributed by atoms with Crippen LogP contribution in [0.5, 0.6) is 5.75 Å². The molecule has 2 bridgehead atoms. The van der Waals surface area contributed by atoms with Gasteiger partial charge in [-0.1, -0.05) is 18.2 Å². The maximum Gasteiger partial charge on any atom is 0.254 e. The van der Waals surface area contributed by atoms with Gasteiger partial charge >= 0.3 is 0 Å². The quantitative estimate of drug-likeness (QED) is 0.295. The number of methoxy groups -OCH3 is 1. The number of para-hydroxylation sites is 1. The van der Waals surface area contributed by atoms with Gasteiger partial charge in [0.05, 0.1) is 23.8 Å². The largest absolute Gasteiger partial charge is 0.494 e. The maximum atomic E-state index is 14.4. The van der Waals surface area contributed by atoms with Gasteiger partial charge in [0.25, 0.3) is 11.8 Å². The van der Waals surface area contributed by atoms with Crippen LogP contribution in [0, 0.1) is 23.2 Å². The van der Waals surface area contributed by atoms with E-state index in [0.717, 1.165) is 29.3 Å². The molecule has 3 aliphatic rings. The molecule has 2 aliphatic carbocycles. The average molecular weight is 609 g/mol. The minimum atomic E-state index is -2.73. The van der Waals surface area contributed by atoms with Gasteiger partial charge in [-0.15, -0.1) is 0 Å². The number of hydrogen-bond donors (Lipinski definition) is 1. The number of carbonyl (C=O) groups excluding carboxylic acids is 1. The van der Waals surface area contributed by atoms with Gasteiger partial charge in [0.15, 0.2) is 5.82 Å². The van der Waals surface area contributed by atoms with Crippen molar-refractivity contribution in [3.63, 3.8) is 0 Å². The summed E-state index contributed by atoms with van der Waals surface area (Å²) < 4.78 is 38.3. The number of amides is 1. The second kappa shape index (κ2) is 9.81. The highest BCUT2D eigenvalue weighted by atomic mass is 19.3. The van der Waals surface area contributed by atoms with Crippen molar-refractivity contribution >= 4 is 27.8 Å². The minimum absolute atomic E-state index is 0.00234. The third-order valence-corrected chi connectivity index (χ3v) is 9.89. The van der Waals surface area contributed by atoms with E-state index in [1.54, 1.807) is 31.6 Å². The molecule has 228 valence electrons. The highest BCUT2D eigenvalue weighted by Crippen LogP contribution is 2.51. The molecular weight excluding hydrogens is 578 g/mol. The fourth-order valence-corrected chi connectivity index (χ4v) is 7.41. The Kier molecular flexibility index (Phi) is 6.02. The highest BCUT2D eigenvalue weighted by Gasteiger charge is 2.57. The monoisotopic (exact) mass is 608 g/mol. The number of piperidine rings is 1. The molecule has 0 spiro atoms. The average Bonchev–Trinajstić information content (AvgIpc) is 3.46. The van der Waals surface area contributed by atoms with E-state index in [-0.39, 0.29) is 36.8 Å². The van der Waals surface area contributed by atoms with Crippen molar-refractivity contribution in [3.8, 4) is 34.5 Å². The van der Waals surface area contributed by atoms with Gasteiger partial charge in [0.2, 0.25) is 5.82 Å². The van der Waals surface area contributed by atoms with E-state index in [2.05, 4.69) is 9.97 Å². The van der Waals surface area contributed by atoms with Crippen molar-refractivity contribution in [2.24, 2.45) is 24.6 Å². The number of nitrogens with two attached hydrogens (primary N) is 1. The number of aromatic nitrogens is 5. The normalized spacial score (nSPS) is 23.2. The van der Waals surface area contributed by atoms with Gasteiger partial charge in [0, 0.05) is 79.0 Å². The van der Waals surface area contributed by atoms with Crippen molar-refractivity contribution in [1.82, 2.24) is 29.0 Å². The first-order chi connectivity index (χ1) is 21.7. The Hall–Kier alpha value is -4.89. The van der Waals surface area contributed by atoms with Crippen LogP contribution in [0.3, 0.4) is 0 Å². The first-order valence-electron chi connectivity index (χ1n) is 15.0. The summed E-state index contributed by atoms with van der Waals surface area (Å²) in [6, 6.07) is 13.2. The lowest BCUT2D eigenvalue weighted by atomic mass is 10.1. The molecule has 2 aromatic carbocycles. The van der Waals surface area contributed by atoms with Crippen LogP contribution in [0.25, 0.3) is 44.6 Å². The van der Waals surface area contributed by atoms with E-state index in [1.807, 2.05) is 51.4 Å². The second-order valence-corrected chi connectivity index (χ2v) is 12.4. The number of ether oxygens (including phenoxy) is 1. The van der Waals surface area contributed by atoms with Gasteiger partial charge in [-0.3, -0.25) is 4.79 Å². The molecule has 3 fully saturated rings. The Bertz CT molecular complexity index is 2060. The summed E-state index contributed by atoms with van der Waals surface area (Å²) in [5.41, 5.74) is 11.0. The molecule has 10 nitrogen and oxygen atoms in total. The lowest BCUT2D eigenvalue weighted by Crippen LogP contribution is -2.41. The number of likely N-dealkylation sites (tertiary alicyclic amines) is 1. The van der Waals surface area contributed by atoms with E-state index in [0.29, 0.717) is 51.9 Å². The van der Waals surface area contributed by atoms with Crippen LogP contribution in [0.15, 0.2) is 48.8 Å². The summed E-state index contributed by atoms with van der Waals surface area (Å²) in [4.78, 5) is 28.8. The summed E-state index contributed by atoms with van der Waals surface area (Å²) in [7, 11) is 3.41. The molecule has 4 heterocycles. The van der Waals surface area contributed by atoms with E-state index < -0.39 is 11.8 Å². The highest BCUT2D eigenvalue weighted by molar-refractivity contribution is 6.01. The van der Waals surface area contributed by atoms with Gasteiger partial charge in [0.1, 0.15) is 17.3 Å². The number of fused-ring (bicyclic) bond motifs is 4. The number of alkyl halides is 2.